The third-order valence-electron chi connectivity index (χ3n) is 6.73. The van der Waals surface area contributed by atoms with E-state index in [0.29, 0.717) is 32.1 Å². The Kier molecular flexibility index (Phi) is 4.99. The topological polar surface area (TPSA) is 109 Å². The molecule has 3 aromatic heterocycles. The highest BCUT2D eigenvalue weighted by Gasteiger charge is 2.40. The number of amides is 2. The van der Waals surface area contributed by atoms with Crippen LogP contribution in [-0.4, -0.2) is 78.6 Å². The predicted molar refractivity (Wildman–Crippen MR) is 112 cm³/mol. The van der Waals surface area contributed by atoms with Crippen LogP contribution in [0.15, 0.2) is 18.5 Å². The lowest BCUT2D eigenvalue weighted by Crippen LogP contribution is -2.50. The zero-order valence-electron chi connectivity index (χ0n) is 17.8. The number of nitrogens with zero attached hydrogens (tertiary/aromatic N) is 6. The van der Waals surface area contributed by atoms with E-state index in [0.717, 1.165) is 41.9 Å². The summed E-state index contributed by atoms with van der Waals surface area (Å²) in [5, 5.41) is 8.84. The fraction of sp³-hybridized carbons (Fsp3) is 0.571. The van der Waals surface area contributed by atoms with Gasteiger partial charge in [-0.15, -0.1) is 10.2 Å². The average molecular weight is 425 g/mol. The number of carbonyl (C=O) groups excluding carboxylic acids is 2. The molecular formula is C21H27N7O3. The van der Waals surface area contributed by atoms with E-state index in [1.54, 1.807) is 22.9 Å². The van der Waals surface area contributed by atoms with Gasteiger partial charge in [0, 0.05) is 45.2 Å². The highest BCUT2D eigenvalue weighted by molar-refractivity contribution is 5.75. The summed E-state index contributed by atoms with van der Waals surface area (Å²) in [4.78, 5) is 35.2. The lowest BCUT2D eigenvalue weighted by Gasteiger charge is -2.34. The number of nitrogens with one attached hydrogen (secondary N) is 1. The molecular weight excluding hydrogens is 398 g/mol. The normalized spacial score (nSPS) is 24.3. The highest BCUT2D eigenvalue weighted by Crippen LogP contribution is 2.42. The summed E-state index contributed by atoms with van der Waals surface area (Å²) in [6.45, 7) is 5.87. The van der Waals surface area contributed by atoms with Gasteiger partial charge in [-0.1, -0.05) is 13.3 Å². The summed E-state index contributed by atoms with van der Waals surface area (Å²) in [7, 11) is 0. The first-order valence-corrected chi connectivity index (χ1v) is 10.9. The van der Waals surface area contributed by atoms with Crippen molar-refractivity contribution in [3.05, 3.63) is 24.3 Å². The van der Waals surface area contributed by atoms with Crippen molar-refractivity contribution in [3.63, 3.8) is 0 Å². The molecule has 3 atom stereocenters. The molecule has 1 saturated heterocycles. The van der Waals surface area contributed by atoms with E-state index in [9.17, 15) is 9.59 Å². The zero-order valence-corrected chi connectivity index (χ0v) is 17.8. The molecule has 3 aromatic rings. The monoisotopic (exact) mass is 425 g/mol. The minimum absolute atomic E-state index is 0.0460. The number of hydrogen-bond acceptors (Lipinski definition) is 6. The van der Waals surface area contributed by atoms with Crippen LogP contribution in [0.5, 0.6) is 0 Å². The molecule has 3 unspecified atom stereocenters. The molecule has 0 bridgehead atoms. The van der Waals surface area contributed by atoms with Crippen molar-refractivity contribution >= 4 is 28.8 Å². The van der Waals surface area contributed by atoms with Gasteiger partial charge < -0.3 is 19.5 Å². The van der Waals surface area contributed by atoms with Crippen LogP contribution in [0.2, 0.25) is 0 Å². The summed E-state index contributed by atoms with van der Waals surface area (Å²) < 4.78 is 7.97. The maximum Gasteiger partial charge on any atom is 0.410 e. The molecule has 31 heavy (non-hydrogen) atoms. The molecule has 2 fully saturated rings. The largest absolute Gasteiger partial charge is 0.446 e. The minimum Gasteiger partial charge on any atom is -0.446 e. The van der Waals surface area contributed by atoms with Gasteiger partial charge >= 0.3 is 6.09 Å². The fourth-order valence-electron chi connectivity index (χ4n) is 5.00. The van der Waals surface area contributed by atoms with Crippen molar-refractivity contribution in [1.82, 2.24) is 34.4 Å². The molecule has 0 aromatic carbocycles. The number of ether oxygens (including phenoxy) is 1. The van der Waals surface area contributed by atoms with Crippen molar-refractivity contribution < 1.29 is 14.3 Å². The van der Waals surface area contributed by atoms with Crippen molar-refractivity contribution in [2.45, 2.75) is 45.1 Å². The van der Waals surface area contributed by atoms with E-state index in [1.807, 2.05) is 12.3 Å². The second-order valence-electron chi connectivity index (χ2n) is 8.47. The van der Waals surface area contributed by atoms with Crippen LogP contribution in [0, 0.1) is 5.92 Å². The average Bonchev–Trinajstić information content (AvgIpc) is 3.50. The Morgan fingerprint density at radius 3 is 2.68 bits per heavy atom. The van der Waals surface area contributed by atoms with E-state index < -0.39 is 0 Å². The van der Waals surface area contributed by atoms with Crippen LogP contribution in [-0.2, 0) is 9.53 Å². The summed E-state index contributed by atoms with van der Waals surface area (Å²) in [6.07, 6.45) is 5.68. The first kappa shape index (κ1) is 19.8. The highest BCUT2D eigenvalue weighted by atomic mass is 16.6. The van der Waals surface area contributed by atoms with E-state index in [4.69, 9.17) is 4.74 Å². The maximum absolute atomic E-state index is 12.7. The van der Waals surface area contributed by atoms with Crippen molar-refractivity contribution in [2.24, 2.45) is 5.92 Å². The molecule has 2 amide bonds. The number of carbonyl (C=O) groups is 2. The van der Waals surface area contributed by atoms with E-state index in [1.165, 1.54) is 0 Å². The van der Waals surface area contributed by atoms with Crippen LogP contribution < -0.4 is 0 Å². The number of H-pyrrole nitrogens is 1. The summed E-state index contributed by atoms with van der Waals surface area (Å²) in [6, 6.07) is 1.98. The quantitative estimate of drug-likeness (QED) is 0.689. The number of hydrogen-bond donors (Lipinski definition) is 1. The smallest absolute Gasteiger partial charge is 0.410 e. The van der Waals surface area contributed by atoms with Crippen molar-refractivity contribution in [2.75, 3.05) is 26.2 Å². The molecule has 10 nitrogen and oxygen atoms in total. The standard InChI is InChI=1S/C21H27N7O3/c1-3-14-10-15(31-21(30)27-8-6-26(7-9-27)13(2)29)11-16(14)20-25-24-18-12-23-19-17(28(18)20)4-5-22-19/h4-5,12,14-16,22H,3,6-11H2,1-2H3. The van der Waals surface area contributed by atoms with Crippen LogP contribution >= 0.6 is 0 Å². The second-order valence-corrected chi connectivity index (χ2v) is 8.47. The van der Waals surface area contributed by atoms with Gasteiger partial charge in [0.05, 0.1) is 11.7 Å². The molecule has 0 radical (unpaired) electrons. The Balaban J connectivity index is 1.31. The van der Waals surface area contributed by atoms with Gasteiger partial charge in [0.15, 0.2) is 11.3 Å². The number of aromatic amines is 1. The molecule has 0 spiro atoms. The number of fused-ring (bicyclic) bond motifs is 3. The summed E-state index contributed by atoms with van der Waals surface area (Å²) in [5.74, 6) is 1.47. The molecule has 2 aliphatic rings. The third kappa shape index (κ3) is 3.49. The number of piperazine rings is 1. The van der Waals surface area contributed by atoms with Crippen LogP contribution in [0.3, 0.4) is 0 Å². The van der Waals surface area contributed by atoms with Crippen molar-refractivity contribution in [1.29, 1.82) is 0 Å². The van der Waals surface area contributed by atoms with Gasteiger partial charge in [0.1, 0.15) is 11.9 Å². The third-order valence-corrected chi connectivity index (χ3v) is 6.73. The fourth-order valence-corrected chi connectivity index (χ4v) is 5.00. The number of aromatic nitrogens is 5. The van der Waals surface area contributed by atoms with Crippen LogP contribution in [0.4, 0.5) is 4.79 Å². The van der Waals surface area contributed by atoms with Gasteiger partial charge in [-0.2, -0.15) is 0 Å². The molecule has 1 aliphatic heterocycles. The summed E-state index contributed by atoms with van der Waals surface area (Å²) >= 11 is 0. The molecule has 164 valence electrons. The first-order chi connectivity index (χ1) is 15.0. The van der Waals surface area contributed by atoms with Crippen LogP contribution in [0.1, 0.15) is 44.9 Å². The molecule has 1 saturated carbocycles. The molecule has 10 heteroatoms. The molecule has 5 rings (SSSR count). The van der Waals surface area contributed by atoms with E-state index in [2.05, 4.69) is 31.5 Å². The lowest BCUT2D eigenvalue weighted by molar-refractivity contribution is -0.130. The Morgan fingerprint density at radius 1 is 1.16 bits per heavy atom. The molecule has 4 heterocycles. The minimum atomic E-state index is -0.285. The molecule has 1 N–H and O–H groups in total. The van der Waals surface area contributed by atoms with Crippen molar-refractivity contribution in [3.8, 4) is 0 Å². The van der Waals surface area contributed by atoms with Gasteiger partial charge in [-0.25, -0.2) is 9.78 Å². The number of rotatable bonds is 3. The second kappa shape index (κ2) is 7.82. The SMILES string of the molecule is CCC1CC(OC(=O)N2CCN(C(C)=O)CC2)CC1c1nnc2cnc3[nH]ccc3n12. The Hall–Kier alpha value is -3.17. The first-order valence-electron chi connectivity index (χ1n) is 10.9. The lowest BCUT2D eigenvalue weighted by atomic mass is 9.93. The Labute approximate surface area is 179 Å². The van der Waals surface area contributed by atoms with Gasteiger partial charge in [0.2, 0.25) is 5.91 Å². The predicted octanol–water partition coefficient (Wildman–Crippen LogP) is 2.18. The zero-order chi connectivity index (χ0) is 21.5. The maximum atomic E-state index is 12.7. The van der Waals surface area contributed by atoms with Crippen LogP contribution in [0.25, 0.3) is 16.8 Å². The van der Waals surface area contributed by atoms with E-state index >= 15 is 0 Å². The van der Waals surface area contributed by atoms with Gasteiger partial charge in [-0.05, 0) is 24.8 Å². The van der Waals surface area contributed by atoms with Gasteiger partial charge in [0.25, 0.3) is 0 Å². The Bertz CT molecular complexity index is 1110. The molecule has 1 aliphatic carbocycles. The van der Waals surface area contributed by atoms with Gasteiger partial charge in [-0.3, -0.25) is 9.20 Å². The Morgan fingerprint density at radius 2 is 1.94 bits per heavy atom. The summed E-state index contributed by atoms with van der Waals surface area (Å²) in [5.41, 5.74) is 2.48. The van der Waals surface area contributed by atoms with E-state index in [-0.39, 0.29) is 24.0 Å².